The predicted octanol–water partition coefficient (Wildman–Crippen LogP) is 2.86. The molecule has 2 heterocycles. The third-order valence-electron chi connectivity index (χ3n) is 3.28. The number of hydrogen-bond donors (Lipinski definition) is 1. The fraction of sp³-hybridized carbons (Fsp3) is 0.600. The predicted molar refractivity (Wildman–Crippen MR) is 76.6 cm³/mol. The number of hydrogen-bond acceptors (Lipinski definition) is 3. The van der Waals surface area contributed by atoms with E-state index < -0.39 is 0 Å². The Morgan fingerprint density at radius 2 is 1.83 bits per heavy atom. The molecule has 0 aromatic carbocycles. The molecular formula is C15H21NOS. The second-order valence-electron chi connectivity index (χ2n) is 4.77. The fourth-order valence-corrected chi connectivity index (χ4v) is 3.27. The van der Waals surface area contributed by atoms with Crippen LogP contribution in [0.1, 0.15) is 41.9 Å². The van der Waals surface area contributed by atoms with Crippen LogP contribution in [0.3, 0.4) is 0 Å². The minimum Gasteiger partial charge on any atom is -0.384 e. The van der Waals surface area contributed by atoms with Crippen LogP contribution in [0.2, 0.25) is 0 Å². The molecule has 2 rings (SSSR count). The zero-order chi connectivity index (χ0) is 12.6. The van der Waals surface area contributed by atoms with Gasteiger partial charge in [-0.3, -0.25) is 4.90 Å². The highest BCUT2D eigenvalue weighted by Crippen LogP contribution is 2.19. The van der Waals surface area contributed by atoms with Gasteiger partial charge in [0.15, 0.2) is 0 Å². The van der Waals surface area contributed by atoms with Crippen molar-refractivity contribution >= 4 is 11.3 Å². The Morgan fingerprint density at radius 1 is 1.11 bits per heavy atom. The lowest BCUT2D eigenvalue weighted by molar-refractivity contribution is 0.241. The Morgan fingerprint density at radius 3 is 2.56 bits per heavy atom. The smallest absolute Gasteiger partial charge is 0.104 e. The van der Waals surface area contributed by atoms with Gasteiger partial charge in [0.25, 0.3) is 0 Å². The van der Waals surface area contributed by atoms with Gasteiger partial charge in [-0.1, -0.05) is 31.1 Å². The van der Waals surface area contributed by atoms with E-state index in [0.29, 0.717) is 0 Å². The molecule has 0 atom stereocenters. The normalized spacial score (nSPS) is 17.6. The van der Waals surface area contributed by atoms with Crippen LogP contribution in [0.4, 0.5) is 0 Å². The number of aliphatic hydroxyl groups is 1. The molecule has 0 radical (unpaired) electrons. The monoisotopic (exact) mass is 263 g/mol. The van der Waals surface area contributed by atoms with Crippen molar-refractivity contribution < 1.29 is 5.11 Å². The number of aliphatic hydroxyl groups excluding tert-OH is 1. The van der Waals surface area contributed by atoms with Crippen molar-refractivity contribution in [2.24, 2.45) is 0 Å². The molecule has 1 aromatic heterocycles. The minimum atomic E-state index is -0.0562. The molecule has 0 amide bonds. The van der Waals surface area contributed by atoms with Crippen molar-refractivity contribution in [2.75, 3.05) is 19.7 Å². The summed E-state index contributed by atoms with van der Waals surface area (Å²) >= 11 is 1.75. The maximum Gasteiger partial charge on any atom is 0.104 e. The fourth-order valence-electron chi connectivity index (χ4n) is 2.35. The molecule has 1 aliphatic rings. The van der Waals surface area contributed by atoms with Crippen LogP contribution < -0.4 is 0 Å². The Balaban J connectivity index is 1.89. The summed E-state index contributed by atoms with van der Waals surface area (Å²) in [6, 6.07) is 4.23. The Labute approximate surface area is 114 Å². The minimum absolute atomic E-state index is 0.0562. The Hall–Kier alpha value is -0.820. The van der Waals surface area contributed by atoms with Gasteiger partial charge in [-0.15, -0.1) is 11.3 Å². The van der Waals surface area contributed by atoms with E-state index in [0.717, 1.165) is 11.4 Å². The number of thiophene rings is 1. The van der Waals surface area contributed by atoms with Gasteiger partial charge in [-0.25, -0.2) is 0 Å². The van der Waals surface area contributed by atoms with Crippen LogP contribution >= 0.6 is 11.3 Å². The summed E-state index contributed by atoms with van der Waals surface area (Å²) in [6.45, 7) is 3.47. The van der Waals surface area contributed by atoms with Gasteiger partial charge in [0, 0.05) is 11.4 Å². The third kappa shape index (κ3) is 4.45. The summed E-state index contributed by atoms with van der Waals surface area (Å²) in [5.41, 5.74) is 0. The van der Waals surface area contributed by atoms with Gasteiger partial charge < -0.3 is 5.11 Å². The standard InChI is InChI=1S/C15H21NOS/c17-12-6-7-14-8-9-15(18-14)13-16-10-4-2-1-3-5-11-16/h8-9,17H,1-5,10-13H2. The van der Waals surface area contributed by atoms with E-state index in [1.165, 1.54) is 50.1 Å². The molecular weight excluding hydrogens is 242 g/mol. The molecule has 0 spiro atoms. The van der Waals surface area contributed by atoms with E-state index >= 15 is 0 Å². The van der Waals surface area contributed by atoms with Crippen LogP contribution in [0.5, 0.6) is 0 Å². The molecule has 0 saturated carbocycles. The lowest BCUT2D eigenvalue weighted by atomic mass is 10.1. The lowest BCUT2D eigenvalue weighted by Crippen LogP contribution is -2.26. The molecule has 0 unspecified atom stereocenters. The van der Waals surface area contributed by atoms with Gasteiger partial charge in [-0.05, 0) is 38.1 Å². The highest BCUT2D eigenvalue weighted by molar-refractivity contribution is 7.12. The number of nitrogens with zero attached hydrogens (tertiary/aromatic N) is 1. The van der Waals surface area contributed by atoms with E-state index in [9.17, 15) is 0 Å². The van der Waals surface area contributed by atoms with Crippen LogP contribution in [0.15, 0.2) is 12.1 Å². The third-order valence-corrected chi connectivity index (χ3v) is 4.27. The van der Waals surface area contributed by atoms with E-state index in [4.69, 9.17) is 5.11 Å². The van der Waals surface area contributed by atoms with Crippen LogP contribution in [-0.4, -0.2) is 29.7 Å². The summed E-state index contributed by atoms with van der Waals surface area (Å²) in [5, 5.41) is 8.68. The quantitative estimate of drug-likeness (QED) is 0.829. The van der Waals surface area contributed by atoms with Crippen molar-refractivity contribution in [3.8, 4) is 11.8 Å². The Bertz CT molecular complexity index is 408. The summed E-state index contributed by atoms with van der Waals surface area (Å²) in [5.74, 6) is 5.68. The zero-order valence-corrected chi connectivity index (χ0v) is 11.6. The molecule has 1 aliphatic heterocycles. The van der Waals surface area contributed by atoms with Crippen LogP contribution in [0.25, 0.3) is 0 Å². The van der Waals surface area contributed by atoms with Gasteiger partial charge in [-0.2, -0.15) is 0 Å². The van der Waals surface area contributed by atoms with Gasteiger partial charge >= 0.3 is 0 Å². The van der Waals surface area contributed by atoms with Crippen molar-refractivity contribution in [3.05, 3.63) is 21.9 Å². The van der Waals surface area contributed by atoms with Crippen LogP contribution in [-0.2, 0) is 6.54 Å². The largest absolute Gasteiger partial charge is 0.384 e. The first-order valence-corrected chi connectivity index (χ1v) is 7.61. The summed E-state index contributed by atoms with van der Waals surface area (Å²) in [4.78, 5) is 5.01. The molecule has 1 saturated heterocycles. The summed E-state index contributed by atoms with van der Waals surface area (Å²) < 4.78 is 0. The summed E-state index contributed by atoms with van der Waals surface area (Å²) in [6.07, 6.45) is 6.85. The molecule has 0 bridgehead atoms. The van der Waals surface area contributed by atoms with E-state index in [1.54, 1.807) is 11.3 Å². The van der Waals surface area contributed by atoms with E-state index in [-0.39, 0.29) is 6.61 Å². The topological polar surface area (TPSA) is 23.5 Å². The number of likely N-dealkylation sites (tertiary alicyclic amines) is 1. The molecule has 0 aliphatic carbocycles. The first-order chi connectivity index (χ1) is 8.88. The maximum absolute atomic E-state index is 8.68. The molecule has 1 N–H and O–H groups in total. The molecule has 1 fully saturated rings. The Kier molecular flexibility index (Phi) is 5.73. The SMILES string of the molecule is OCC#Cc1ccc(CN2CCCCCCC2)s1. The van der Waals surface area contributed by atoms with Crippen molar-refractivity contribution in [1.82, 2.24) is 4.90 Å². The second-order valence-corrected chi connectivity index (χ2v) is 5.94. The van der Waals surface area contributed by atoms with Gasteiger partial charge in [0.05, 0.1) is 4.88 Å². The van der Waals surface area contributed by atoms with Crippen molar-refractivity contribution in [3.63, 3.8) is 0 Å². The maximum atomic E-state index is 8.68. The van der Waals surface area contributed by atoms with Gasteiger partial charge in [0.2, 0.25) is 0 Å². The molecule has 1 aromatic rings. The average molecular weight is 263 g/mol. The van der Waals surface area contributed by atoms with Crippen molar-refractivity contribution in [1.29, 1.82) is 0 Å². The molecule has 2 nitrogen and oxygen atoms in total. The first-order valence-electron chi connectivity index (χ1n) is 6.79. The van der Waals surface area contributed by atoms with Crippen LogP contribution in [0, 0.1) is 11.8 Å². The zero-order valence-electron chi connectivity index (χ0n) is 10.8. The molecule has 18 heavy (non-hydrogen) atoms. The van der Waals surface area contributed by atoms with Gasteiger partial charge in [0.1, 0.15) is 6.61 Å². The van der Waals surface area contributed by atoms with E-state index in [2.05, 4.69) is 28.9 Å². The summed E-state index contributed by atoms with van der Waals surface area (Å²) in [7, 11) is 0. The van der Waals surface area contributed by atoms with E-state index in [1.807, 2.05) is 0 Å². The van der Waals surface area contributed by atoms with Crippen molar-refractivity contribution in [2.45, 2.75) is 38.6 Å². The second kappa shape index (κ2) is 7.58. The highest BCUT2D eigenvalue weighted by Gasteiger charge is 2.09. The lowest BCUT2D eigenvalue weighted by Gasteiger charge is -2.23. The molecule has 98 valence electrons. The first kappa shape index (κ1) is 13.6. The number of rotatable bonds is 2. The average Bonchev–Trinajstić information content (AvgIpc) is 2.77. The molecule has 3 heteroatoms. The highest BCUT2D eigenvalue weighted by atomic mass is 32.1.